The molecule has 0 atom stereocenters. The van der Waals surface area contributed by atoms with Crippen molar-refractivity contribution in [1.82, 2.24) is 24.9 Å². The summed E-state index contributed by atoms with van der Waals surface area (Å²) < 4.78 is 1.81. The molecule has 0 aliphatic heterocycles. The zero-order valence-corrected chi connectivity index (χ0v) is 14.5. The molecule has 0 unspecified atom stereocenters. The molecule has 1 aromatic carbocycles. The first-order valence-corrected chi connectivity index (χ1v) is 8.59. The van der Waals surface area contributed by atoms with E-state index in [9.17, 15) is 0 Å². The minimum Gasteiger partial charge on any atom is -0.295 e. The monoisotopic (exact) mass is 327 g/mol. The Balaban J connectivity index is 1.61. The predicted octanol–water partition coefficient (Wildman–Crippen LogP) is 3.48. The van der Waals surface area contributed by atoms with E-state index in [1.165, 1.54) is 5.01 Å². The second-order valence-electron chi connectivity index (χ2n) is 5.99. The molecule has 0 fully saturated rings. The molecule has 120 valence electrons. The SMILES string of the molecule is CC(C)c1nc(CN(C)Cc2cn(-c3ccccc3)nn2)cs1. The zero-order chi connectivity index (χ0) is 16.2. The van der Waals surface area contributed by atoms with Crippen molar-refractivity contribution in [3.05, 3.63) is 58.3 Å². The van der Waals surface area contributed by atoms with Crippen LogP contribution in [0.5, 0.6) is 0 Å². The van der Waals surface area contributed by atoms with E-state index in [1.807, 2.05) is 41.2 Å². The summed E-state index contributed by atoms with van der Waals surface area (Å²) in [6.07, 6.45) is 1.98. The van der Waals surface area contributed by atoms with E-state index in [2.05, 4.69) is 46.5 Å². The summed E-state index contributed by atoms with van der Waals surface area (Å²) in [5.74, 6) is 0.491. The number of para-hydroxylation sites is 1. The minimum atomic E-state index is 0.491. The molecule has 0 aliphatic carbocycles. The topological polar surface area (TPSA) is 46.8 Å². The van der Waals surface area contributed by atoms with E-state index in [0.29, 0.717) is 5.92 Å². The number of hydrogen-bond acceptors (Lipinski definition) is 5. The van der Waals surface area contributed by atoms with Gasteiger partial charge in [0.05, 0.1) is 28.3 Å². The summed E-state index contributed by atoms with van der Waals surface area (Å²) >= 11 is 1.74. The van der Waals surface area contributed by atoms with Crippen molar-refractivity contribution >= 4 is 11.3 Å². The minimum absolute atomic E-state index is 0.491. The molecule has 2 heterocycles. The lowest BCUT2D eigenvalue weighted by Gasteiger charge is -2.12. The molecule has 0 aliphatic rings. The molecule has 2 aromatic heterocycles. The van der Waals surface area contributed by atoms with Gasteiger partial charge in [0, 0.05) is 24.4 Å². The van der Waals surface area contributed by atoms with Crippen molar-refractivity contribution < 1.29 is 0 Å². The summed E-state index contributed by atoms with van der Waals surface area (Å²) in [6, 6.07) is 10.0. The standard InChI is InChI=1S/C17H21N5S/c1-13(2)17-18-15(12-23-17)10-21(3)9-14-11-22(20-19-14)16-7-5-4-6-8-16/h4-8,11-13H,9-10H2,1-3H3. The van der Waals surface area contributed by atoms with Gasteiger partial charge in [-0.15, -0.1) is 16.4 Å². The molecular weight excluding hydrogens is 306 g/mol. The highest BCUT2D eigenvalue weighted by Crippen LogP contribution is 2.20. The summed E-state index contributed by atoms with van der Waals surface area (Å²) in [4.78, 5) is 6.89. The number of hydrogen-bond donors (Lipinski definition) is 0. The van der Waals surface area contributed by atoms with Gasteiger partial charge >= 0.3 is 0 Å². The maximum Gasteiger partial charge on any atom is 0.0971 e. The van der Waals surface area contributed by atoms with Gasteiger partial charge < -0.3 is 0 Å². The number of rotatable bonds is 6. The van der Waals surface area contributed by atoms with Crippen LogP contribution in [0.15, 0.2) is 41.9 Å². The number of nitrogens with zero attached hydrogens (tertiary/aromatic N) is 5. The molecule has 0 spiro atoms. The Morgan fingerprint density at radius 1 is 1.13 bits per heavy atom. The fourth-order valence-electron chi connectivity index (χ4n) is 2.35. The first-order valence-electron chi connectivity index (χ1n) is 7.71. The van der Waals surface area contributed by atoms with Gasteiger partial charge in [0.2, 0.25) is 0 Å². The first kappa shape index (κ1) is 15.8. The third-order valence-corrected chi connectivity index (χ3v) is 4.68. The van der Waals surface area contributed by atoms with E-state index in [1.54, 1.807) is 11.3 Å². The molecule has 0 saturated heterocycles. The van der Waals surface area contributed by atoms with Crippen LogP contribution in [-0.4, -0.2) is 31.9 Å². The average Bonchev–Trinajstić information content (AvgIpc) is 3.18. The number of benzene rings is 1. The number of aromatic nitrogens is 4. The largest absolute Gasteiger partial charge is 0.295 e. The van der Waals surface area contributed by atoms with Crippen LogP contribution < -0.4 is 0 Å². The molecule has 23 heavy (non-hydrogen) atoms. The van der Waals surface area contributed by atoms with Gasteiger partial charge in [-0.2, -0.15) is 0 Å². The third-order valence-electron chi connectivity index (χ3n) is 3.49. The van der Waals surface area contributed by atoms with Gasteiger partial charge in [-0.1, -0.05) is 37.3 Å². The Labute approximate surface area is 140 Å². The fourth-order valence-corrected chi connectivity index (χ4v) is 3.17. The van der Waals surface area contributed by atoms with Crippen molar-refractivity contribution in [3.63, 3.8) is 0 Å². The first-order chi connectivity index (χ1) is 11.1. The smallest absolute Gasteiger partial charge is 0.0971 e. The van der Waals surface area contributed by atoms with Crippen LogP contribution in [0.3, 0.4) is 0 Å². The van der Waals surface area contributed by atoms with Gasteiger partial charge in [0.25, 0.3) is 0 Å². The van der Waals surface area contributed by atoms with Gasteiger partial charge in [0.1, 0.15) is 0 Å². The summed E-state index contributed by atoms with van der Waals surface area (Å²) in [5, 5.41) is 11.8. The summed E-state index contributed by atoms with van der Waals surface area (Å²) in [5.41, 5.74) is 3.10. The average molecular weight is 327 g/mol. The molecule has 0 amide bonds. The summed E-state index contributed by atoms with van der Waals surface area (Å²) in [6.45, 7) is 5.92. The Bertz CT molecular complexity index is 747. The normalized spacial score (nSPS) is 11.5. The van der Waals surface area contributed by atoms with E-state index in [0.717, 1.165) is 30.2 Å². The van der Waals surface area contributed by atoms with Crippen molar-refractivity contribution in [1.29, 1.82) is 0 Å². The van der Waals surface area contributed by atoms with Gasteiger partial charge in [-0.3, -0.25) is 4.90 Å². The van der Waals surface area contributed by atoms with Gasteiger partial charge in [0.15, 0.2) is 0 Å². The lowest BCUT2D eigenvalue weighted by Crippen LogP contribution is -2.17. The van der Waals surface area contributed by atoms with Crippen molar-refractivity contribution in [2.75, 3.05) is 7.05 Å². The van der Waals surface area contributed by atoms with Crippen LogP contribution in [0, 0.1) is 0 Å². The summed E-state index contributed by atoms with van der Waals surface area (Å²) in [7, 11) is 2.08. The molecule has 0 radical (unpaired) electrons. The van der Waals surface area contributed by atoms with E-state index in [4.69, 9.17) is 0 Å². The molecule has 0 saturated carbocycles. The van der Waals surface area contributed by atoms with E-state index >= 15 is 0 Å². The van der Waals surface area contributed by atoms with Crippen LogP contribution in [0.4, 0.5) is 0 Å². The molecule has 5 nitrogen and oxygen atoms in total. The van der Waals surface area contributed by atoms with Crippen LogP contribution in [0.1, 0.15) is 36.2 Å². The highest BCUT2D eigenvalue weighted by atomic mass is 32.1. The molecule has 3 rings (SSSR count). The fraction of sp³-hybridized carbons (Fsp3) is 0.353. The molecule has 0 bridgehead atoms. The molecule has 0 N–H and O–H groups in total. The Kier molecular flexibility index (Phi) is 4.83. The van der Waals surface area contributed by atoms with Crippen molar-refractivity contribution in [3.8, 4) is 5.69 Å². The molecule has 3 aromatic rings. The maximum atomic E-state index is 4.68. The second kappa shape index (κ2) is 7.02. The van der Waals surface area contributed by atoms with E-state index in [-0.39, 0.29) is 0 Å². The Morgan fingerprint density at radius 2 is 1.87 bits per heavy atom. The Morgan fingerprint density at radius 3 is 2.57 bits per heavy atom. The third kappa shape index (κ3) is 4.03. The molecular formula is C17H21N5S. The van der Waals surface area contributed by atoms with Crippen LogP contribution in [0.2, 0.25) is 0 Å². The second-order valence-corrected chi connectivity index (χ2v) is 6.88. The van der Waals surface area contributed by atoms with Crippen LogP contribution in [0.25, 0.3) is 5.69 Å². The lowest BCUT2D eigenvalue weighted by atomic mass is 10.2. The van der Waals surface area contributed by atoms with Crippen molar-refractivity contribution in [2.45, 2.75) is 32.9 Å². The number of thiazole rings is 1. The Hall–Kier alpha value is -2.05. The van der Waals surface area contributed by atoms with Crippen LogP contribution in [-0.2, 0) is 13.1 Å². The highest BCUT2D eigenvalue weighted by Gasteiger charge is 2.10. The van der Waals surface area contributed by atoms with Crippen molar-refractivity contribution in [2.24, 2.45) is 0 Å². The molecule has 6 heteroatoms. The zero-order valence-electron chi connectivity index (χ0n) is 13.7. The lowest BCUT2D eigenvalue weighted by molar-refractivity contribution is 0.311. The van der Waals surface area contributed by atoms with Gasteiger partial charge in [-0.05, 0) is 19.2 Å². The van der Waals surface area contributed by atoms with Crippen LogP contribution >= 0.6 is 11.3 Å². The van der Waals surface area contributed by atoms with E-state index < -0.39 is 0 Å². The van der Waals surface area contributed by atoms with Gasteiger partial charge in [-0.25, -0.2) is 9.67 Å². The maximum absolute atomic E-state index is 4.68. The quantitative estimate of drug-likeness (QED) is 0.695. The predicted molar refractivity (Wildman–Crippen MR) is 92.7 cm³/mol. The highest BCUT2D eigenvalue weighted by molar-refractivity contribution is 7.09.